The van der Waals surface area contributed by atoms with E-state index in [1.807, 2.05) is 6.07 Å². The number of hydrogen-bond acceptors (Lipinski definition) is 5. The Kier molecular flexibility index (Phi) is 3.76. The molecule has 0 radical (unpaired) electrons. The number of anilines is 2. The highest BCUT2D eigenvalue weighted by Gasteiger charge is 2.30. The van der Waals surface area contributed by atoms with Gasteiger partial charge < -0.3 is 15.6 Å². The van der Waals surface area contributed by atoms with Crippen molar-refractivity contribution in [3.05, 3.63) is 54.0 Å². The second-order valence-electron chi connectivity index (χ2n) is 4.77. The number of aromatic nitrogens is 1. The predicted octanol–water partition coefficient (Wildman–Crippen LogP) is 1.42. The molecule has 0 spiro atoms. The average molecular weight is 297 g/mol. The van der Waals surface area contributed by atoms with Crippen LogP contribution in [0, 0.1) is 0 Å². The predicted molar refractivity (Wildman–Crippen MR) is 83.1 cm³/mol. The first-order valence-electron chi connectivity index (χ1n) is 6.82. The van der Waals surface area contributed by atoms with Gasteiger partial charge in [0.15, 0.2) is 11.5 Å². The van der Waals surface area contributed by atoms with Crippen LogP contribution in [0.15, 0.2) is 48.4 Å². The lowest BCUT2D eigenvalue weighted by atomic mass is 10.2. The molecule has 3 rings (SSSR count). The maximum Gasteiger partial charge on any atom is 0.294 e. The number of nitrogens with zero attached hydrogens (tertiary/aromatic N) is 2. The van der Waals surface area contributed by atoms with Crippen LogP contribution < -0.4 is 15.4 Å². The number of carbonyl (C=O) groups excluding carboxylic acids is 1. The number of aliphatic hydroxyl groups is 1. The summed E-state index contributed by atoms with van der Waals surface area (Å²) in [6.45, 7) is 0.0328. The first-order chi connectivity index (χ1) is 10.7. The van der Waals surface area contributed by atoms with Crippen LogP contribution in [0.3, 0.4) is 0 Å². The summed E-state index contributed by atoms with van der Waals surface area (Å²) in [4.78, 5) is 18.1. The van der Waals surface area contributed by atoms with Crippen molar-refractivity contribution in [2.75, 3.05) is 23.8 Å². The van der Waals surface area contributed by atoms with Crippen molar-refractivity contribution in [2.24, 2.45) is 0 Å². The highest BCUT2D eigenvalue weighted by atomic mass is 16.5. The van der Waals surface area contributed by atoms with E-state index >= 15 is 0 Å². The van der Waals surface area contributed by atoms with Gasteiger partial charge >= 0.3 is 0 Å². The zero-order chi connectivity index (χ0) is 15.5. The molecule has 0 saturated carbocycles. The Morgan fingerprint density at radius 1 is 1.32 bits per heavy atom. The quantitative estimate of drug-likeness (QED) is 0.661. The van der Waals surface area contributed by atoms with Crippen LogP contribution in [-0.2, 0) is 4.79 Å². The first-order valence-corrected chi connectivity index (χ1v) is 6.82. The molecule has 22 heavy (non-hydrogen) atoms. The average Bonchev–Trinajstić information content (AvgIpc) is 2.52. The van der Waals surface area contributed by atoms with Crippen molar-refractivity contribution in [2.45, 2.75) is 0 Å². The lowest BCUT2D eigenvalue weighted by Gasteiger charge is -2.30. The molecule has 1 aromatic heterocycles. The topological polar surface area (TPSA) is 88.7 Å². The Bertz CT molecular complexity index is 729. The van der Waals surface area contributed by atoms with Gasteiger partial charge in [0, 0.05) is 30.6 Å². The van der Waals surface area contributed by atoms with Crippen LogP contribution >= 0.6 is 0 Å². The van der Waals surface area contributed by atoms with E-state index in [4.69, 9.17) is 10.5 Å². The minimum atomic E-state index is -0.322. The van der Waals surface area contributed by atoms with Gasteiger partial charge in [-0.15, -0.1) is 0 Å². The fourth-order valence-corrected chi connectivity index (χ4v) is 2.25. The highest BCUT2D eigenvalue weighted by Crippen LogP contribution is 2.36. The fraction of sp³-hybridized carbons (Fsp3) is 0.125. The van der Waals surface area contributed by atoms with Crippen LogP contribution in [0.4, 0.5) is 11.4 Å². The van der Waals surface area contributed by atoms with Crippen molar-refractivity contribution in [3.8, 4) is 5.75 Å². The maximum atomic E-state index is 12.5. The zero-order valence-electron chi connectivity index (χ0n) is 11.8. The van der Waals surface area contributed by atoms with Gasteiger partial charge in [-0.1, -0.05) is 6.07 Å². The summed E-state index contributed by atoms with van der Waals surface area (Å²) in [5, 5.41) is 9.20. The number of hydrogen-bond donors (Lipinski definition) is 2. The number of ether oxygens (including phenoxy) is 1. The molecule has 3 N–H and O–H groups in total. The summed E-state index contributed by atoms with van der Waals surface area (Å²) < 4.78 is 5.67. The number of amides is 1. The molecule has 0 saturated heterocycles. The third-order valence-corrected chi connectivity index (χ3v) is 3.24. The molecule has 2 aromatic rings. The van der Waals surface area contributed by atoms with Crippen molar-refractivity contribution in [1.29, 1.82) is 0 Å². The Morgan fingerprint density at radius 2 is 2.18 bits per heavy atom. The van der Waals surface area contributed by atoms with Crippen LogP contribution in [-0.4, -0.2) is 29.1 Å². The van der Waals surface area contributed by atoms with Gasteiger partial charge in [-0.2, -0.15) is 0 Å². The molecule has 112 valence electrons. The Morgan fingerprint density at radius 3 is 2.91 bits per heavy atom. The van der Waals surface area contributed by atoms with E-state index in [0.29, 0.717) is 22.8 Å². The SMILES string of the molecule is Nc1ccc2c(c1)O/C(=C/c1ccccn1)C(=O)N2CCO. The van der Waals surface area contributed by atoms with Crippen LogP contribution in [0.5, 0.6) is 5.75 Å². The third kappa shape index (κ3) is 2.64. The lowest BCUT2D eigenvalue weighted by molar-refractivity contribution is -0.117. The number of nitrogen functional groups attached to an aromatic ring is 1. The molecule has 0 atom stereocenters. The number of carbonyl (C=O) groups is 1. The van der Waals surface area contributed by atoms with E-state index in [1.54, 1.807) is 42.6 Å². The molecular weight excluding hydrogens is 282 g/mol. The van der Waals surface area contributed by atoms with E-state index in [-0.39, 0.29) is 24.8 Å². The highest BCUT2D eigenvalue weighted by molar-refractivity contribution is 6.09. The summed E-state index contributed by atoms with van der Waals surface area (Å²) in [5.41, 5.74) is 7.51. The zero-order valence-corrected chi connectivity index (χ0v) is 11.8. The minimum absolute atomic E-state index is 0.144. The normalized spacial score (nSPS) is 15.6. The summed E-state index contributed by atoms with van der Waals surface area (Å²) in [7, 11) is 0. The number of fused-ring (bicyclic) bond motifs is 1. The van der Waals surface area contributed by atoms with E-state index in [2.05, 4.69) is 4.98 Å². The second kappa shape index (κ2) is 5.87. The Labute approximate surface area is 127 Å². The molecule has 0 fully saturated rings. The van der Waals surface area contributed by atoms with Gasteiger partial charge in [0.2, 0.25) is 0 Å². The number of β-amino-alcohol motifs (C(OH)–C–C–N with tert-alkyl or cyclic N) is 1. The van der Waals surface area contributed by atoms with E-state index in [1.165, 1.54) is 4.90 Å². The molecule has 0 aliphatic carbocycles. The number of rotatable bonds is 3. The molecule has 6 heteroatoms. The summed E-state index contributed by atoms with van der Waals surface area (Å²) in [5.74, 6) is 0.303. The summed E-state index contributed by atoms with van der Waals surface area (Å²) in [6.07, 6.45) is 3.20. The van der Waals surface area contributed by atoms with Gasteiger partial charge in [-0.05, 0) is 24.3 Å². The number of aliphatic hydroxyl groups excluding tert-OH is 1. The molecule has 1 aromatic carbocycles. The Balaban J connectivity index is 2.04. The minimum Gasteiger partial charge on any atom is -0.449 e. The van der Waals surface area contributed by atoms with Crippen molar-refractivity contribution in [1.82, 2.24) is 4.98 Å². The van der Waals surface area contributed by atoms with Gasteiger partial charge in [-0.3, -0.25) is 14.7 Å². The van der Waals surface area contributed by atoms with Crippen LogP contribution in [0.2, 0.25) is 0 Å². The molecule has 0 bridgehead atoms. The van der Waals surface area contributed by atoms with E-state index in [0.717, 1.165) is 0 Å². The molecule has 6 nitrogen and oxygen atoms in total. The monoisotopic (exact) mass is 297 g/mol. The molecular formula is C16H15N3O3. The van der Waals surface area contributed by atoms with Crippen molar-refractivity contribution < 1.29 is 14.6 Å². The third-order valence-electron chi connectivity index (χ3n) is 3.24. The largest absolute Gasteiger partial charge is 0.449 e. The molecule has 1 amide bonds. The standard InChI is InChI=1S/C16H15N3O3/c17-11-4-5-13-14(9-11)22-15(16(21)19(13)7-8-20)10-12-3-1-2-6-18-12/h1-6,9-10,20H,7-8,17H2/b15-10+. The van der Waals surface area contributed by atoms with Gasteiger partial charge in [-0.25, -0.2) is 0 Å². The van der Waals surface area contributed by atoms with Crippen LogP contribution in [0.25, 0.3) is 6.08 Å². The summed E-state index contributed by atoms with van der Waals surface area (Å²) >= 11 is 0. The van der Waals surface area contributed by atoms with E-state index < -0.39 is 0 Å². The smallest absolute Gasteiger partial charge is 0.294 e. The first kappa shape index (κ1) is 14.1. The van der Waals surface area contributed by atoms with Gasteiger partial charge in [0.25, 0.3) is 5.91 Å². The molecule has 0 unspecified atom stereocenters. The fourth-order valence-electron chi connectivity index (χ4n) is 2.25. The number of pyridine rings is 1. The molecule has 1 aliphatic rings. The Hall–Kier alpha value is -2.86. The van der Waals surface area contributed by atoms with Crippen LogP contribution in [0.1, 0.15) is 5.69 Å². The molecule has 2 heterocycles. The van der Waals surface area contributed by atoms with Gasteiger partial charge in [0.05, 0.1) is 18.0 Å². The number of nitrogens with two attached hydrogens (primary N) is 1. The van der Waals surface area contributed by atoms with Crippen molar-refractivity contribution in [3.63, 3.8) is 0 Å². The lowest BCUT2D eigenvalue weighted by Crippen LogP contribution is -2.39. The molecule has 1 aliphatic heterocycles. The number of benzene rings is 1. The van der Waals surface area contributed by atoms with Gasteiger partial charge in [0.1, 0.15) is 0 Å². The van der Waals surface area contributed by atoms with E-state index in [9.17, 15) is 9.90 Å². The summed E-state index contributed by atoms with van der Waals surface area (Å²) in [6, 6.07) is 10.4. The second-order valence-corrected chi connectivity index (χ2v) is 4.77. The van der Waals surface area contributed by atoms with Crippen molar-refractivity contribution >= 4 is 23.4 Å². The maximum absolute atomic E-state index is 12.5.